The van der Waals surface area contributed by atoms with Crippen LogP contribution in [-0.4, -0.2) is 21.5 Å². The van der Waals surface area contributed by atoms with E-state index in [1.807, 2.05) is 37.3 Å². The number of hydrogen-bond donors (Lipinski definition) is 0. The van der Waals surface area contributed by atoms with Crippen LogP contribution in [-0.2, 0) is 6.42 Å². The molecular formula is C15H16N2OS. The third-order valence-corrected chi connectivity index (χ3v) is 3.65. The van der Waals surface area contributed by atoms with Gasteiger partial charge in [-0.05, 0) is 25.0 Å². The standard InChI is InChI=1S/C15H16N2OS/c1-3-12-4-6-13(7-5-12)14(18)10-19-15-16-9-8-11(2)17-15/h4-9H,3,10H2,1-2H3. The molecule has 3 nitrogen and oxygen atoms in total. The Labute approximate surface area is 117 Å². The van der Waals surface area contributed by atoms with Crippen LogP contribution in [0.15, 0.2) is 41.7 Å². The third kappa shape index (κ3) is 3.89. The van der Waals surface area contributed by atoms with Gasteiger partial charge in [-0.1, -0.05) is 43.0 Å². The van der Waals surface area contributed by atoms with Crippen molar-refractivity contribution in [3.8, 4) is 0 Å². The van der Waals surface area contributed by atoms with Gasteiger partial charge in [-0.2, -0.15) is 0 Å². The lowest BCUT2D eigenvalue weighted by Gasteiger charge is -2.02. The van der Waals surface area contributed by atoms with Crippen molar-refractivity contribution in [1.29, 1.82) is 0 Å². The van der Waals surface area contributed by atoms with Crippen LogP contribution >= 0.6 is 11.8 Å². The molecule has 1 heterocycles. The van der Waals surface area contributed by atoms with E-state index in [1.54, 1.807) is 6.20 Å². The van der Waals surface area contributed by atoms with Gasteiger partial charge < -0.3 is 0 Å². The zero-order valence-electron chi connectivity index (χ0n) is 11.1. The van der Waals surface area contributed by atoms with Crippen LogP contribution in [0.1, 0.15) is 28.5 Å². The molecule has 1 aromatic carbocycles. The van der Waals surface area contributed by atoms with Crippen LogP contribution in [0.3, 0.4) is 0 Å². The first-order valence-electron chi connectivity index (χ1n) is 6.23. The van der Waals surface area contributed by atoms with Crippen molar-refractivity contribution in [2.45, 2.75) is 25.4 Å². The molecule has 0 bridgehead atoms. The van der Waals surface area contributed by atoms with Crippen molar-refractivity contribution in [2.24, 2.45) is 0 Å². The molecule has 4 heteroatoms. The Kier molecular flexibility index (Phi) is 4.68. The van der Waals surface area contributed by atoms with Crippen LogP contribution in [0.25, 0.3) is 0 Å². The molecule has 0 unspecified atom stereocenters. The third-order valence-electron chi connectivity index (χ3n) is 2.79. The summed E-state index contributed by atoms with van der Waals surface area (Å²) >= 11 is 1.38. The molecule has 0 spiro atoms. The van der Waals surface area contributed by atoms with Gasteiger partial charge in [-0.25, -0.2) is 9.97 Å². The number of aromatic nitrogens is 2. The van der Waals surface area contributed by atoms with Crippen LogP contribution in [0, 0.1) is 6.92 Å². The largest absolute Gasteiger partial charge is 0.293 e. The van der Waals surface area contributed by atoms with E-state index in [2.05, 4.69) is 16.9 Å². The Morgan fingerprint density at radius 1 is 1.21 bits per heavy atom. The van der Waals surface area contributed by atoms with Crippen molar-refractivity contribution >= 4 is 17.5 Å². The fraction of sp³-hybridized carbons (Fsp3) is 0.267. The number of aryl methyl sites for hydroxylation is 2. The number of thioether (sulfide) groups is 1. The molecule has 1 aromatic heterocycles. The van der Waals surface area contributed by atoms with E-state index in [-0.39, 0.29) is 5.78 Å². The minimum Gasteiger partial charge on any atom is -0.293 e. The van der Waals surface area contributed by atoms with E-state index in [0.29, 0.717) is 10.9 Å². The summed E-state index contributed by atoms with van der Waals surface area (Å²) in [5, 5.41) is 0.651. The molecule has 0 N–H and O–H groups in total. The van der Waals surface area contributed by atoms with Gasteiger partial charge in [-0.15, -0.1) is 0 Å². The lowest BCUT2D eigenvalue weighted by molar-refractivity contribution is 0.102. The number of benzene rings is 1. The van der Waals surface area contributed by atoms with E-state index >= 15 is 0 Å². The smallest absolute Gasteiger partial charge is 0.188 e. The summed E-state index contributed by atoms with van der Waals surface area (Å²) in [6.07, 6.45) is 2.70. The number of carbonyl (C=O) groups excluding carboxylic acids is 1. The molecule has 0 aliphatic heterocycles. The number of carbonyl (C=O) groups is 1. The maximum Gasteiger partial charge on any atom is 0.188 e. The van der Waals surface area contributed by atoms with Gasteiger partial charge in [0.25, 0.3) is 0 Å². The molecule has 98 valence electrons. The van der Waals surface area contributed by atoms with E-state index in [9.17, 15) is 4.79 Å². The normalized spacial score (nSPS) is 10.4. The summed E-state index contributed by atoms with van der Waals surface area (Å²) in [5.41, 5.74) is 2.90. The Hall–Kier alpha value is -1.68. The Morgan fingerprint density at radius 2 is 1.95 bits per heavy atom. The van der Waals surface area contributed by atoms with Crippen LogP contribution < -0.4 is 0 Å². The number of hydrogen-bond acceptors (Lipinski definition) is 4. The highest BCUT2D eigenvalue weighted by Crippen LogP contribution is 2.15. The quantitative estimate of drug-likeness (QED) is 0.476. The molecule has 0 atom stereocenters. The second-order valence-corrected chi connectivity index (χ2v) is 5.19. The monoisotopic (exact) mass is 272 g/mol. The van der Waals surface area contributed by atoms with Gasteiger partial charge >= 0.3 is 0 Å². The Morgan fingerprint density at radius 3 is 2.58 bits per heavy atom. The summed E-state index contributed by atoms with van der Waals surface area (Å²) in [6.45, 7) is 4.01. The number of Topliss-reactive ketones (excluding diaryl/α,β-unsaturated/α-hetero) is 1. The summed E-state index contributed by atoms with van der Waals surface area (Å²) in [5.74, 6) is 0.479. The van der Waals surface area contributed by atoms with E-state index < -0.39 is 0 Å². The molecule has 0 aliphatic carbocycles. The average molecular weight is 272 g/mol. The van der Waals surface area contributed by atoms with Gasteiger partial charge in [-0.3, -0.25) is 4.79 Å². The van der Waals surface area contributed by atoms with E-state index in [4.69, 9.17) is 0 Å². The molecule has 0 fully saturated rings. The predicted octanol–water partition coefficient (Wildman–Crippen LogP) is 3.32. The summed E-state index contributed by atoms with van der Waals surface area (Å²) in [4.78, 5) is 20.4. The van der Waals surface area contributed by atoms with Crippen LogP contribution in [0.4, 0.5) is 0 Å². The maximum absolute atomic E-state index is 12.0. The van der Waals surface area contributed by atoms with Crippen LogP contribution in [0.2, 0.25) is 0 Å². The van der Waals surface area contributed by atoms with E-state index in [1.165, 1.54) is 17.3 Å². The fourth-order valence-electron chi connectivity index (χ4n) is 1.64. The lowest BCUT2D eigenvalue weighted by Crippen LogP contribution is -2.03. The molecule has 0 saturated heterocycles. The zero-order chi connectivity index (χ0) is 13.7. The zero-order valence-corrected chi connectivity index (χ0v) is 11.9. The van der Waals surface area contributed by atoms with Gasteiger partial charge in [0.05, 0.1) is 5.75 Å². The first kappa shape index (κ1) is 13.7. The van der Waals surface area contributed by atoms with Crippen LogP contribution in [0.5, 0.6) is 0 Å². The molecule has 0 aliphatic rings. The highest BCUT2D eigenvalue weighted by molar-refractivity contribution is 7.99. The summed E-state index contributed by atoms with van der Waals surface area (Å²) < 4.78 is 0. The van der Waals surface area contributed by atoms with Crippen molar-refractivity contribution in [1.82, 2.24) is 9.97 Å². The Bertz CT molecular complexity index is 567. The fourth-order valence-corrected chi connectivity index (χ4v) is 2.41. The van der Waals surface area contributed by atoms with Gasteiger partial charge in [0.15, 0.2) is 10.9 Å². The molecule has 2 rings (SSSR count). The highest BCUT2D eigenvalue weighted by atomic mass is 32.2. The van der Waals surface area contributed by atoms with Gasteiger partial charge in [0, 0.05) is 17.5 Å². The molecule has 19 heavy (non-hydrogen) atoms. The predicted molar refractivity (Wildman–Crippen MR) is 77.6 cm³/mol. The number of nitrogens with zero attached hydrogens (tertiary/aromatic N) is 2. The number of rotatable bonds is 5. The lowest BCUT2D eigenvalue weighted by atomic mass is 10.1. The van der Waals surface area contributed by atoms with Gasteiger partial charge in [0.1, 0.15) is 0 Å². The first-order valence-corrected chi connectivity index (χ1v) is 7.22. The molecule has 0 radical (unpaired) electrons. The van der Waals surface area contributed by atoms with E-state index in [0.717, 1.165) is 17.7 Å². The van der Waals surface area contributed by atoms with Crippen molar-refractivity contribution in [3.63, 3.8) is 0 Å². The average Bonchev–Trinajstić information content (AvgIpc) is 2.45. The SMILES string of the molecule is CCc1ccc(C(=O)CSc2nccc(C)n2)cc1. The summed E-state index contributed by atoms with van der Waals surface area (Å²) in [6, 6.07) is 9.62. The minimum absolute atomic E-state index is 0.109. The molecular weight excluding hydrogens is 256 g/mol. The minimum atomic E-state index is 0.109. The maximum atomic E-state index is 12.0. The molecule has 0 amide bonds. The van der Waals surface area contributed by atoms with Crippen molar-refractivity contribution in [2.75, 3.05) is 5.75 Å². The summed E-state index contributed by atoms with van der Waals surface area (Å²) in [7, 11) is 0. The van der Waals surface area contributed by atoms with Crippen molar-refractivity contribution in [3.05, 3.63) is 53.3 Å². The highest BCUT2D eigenvalue weighted by Gasteiger charge is 2.07. The molecule has 0 saturated carbocycles. The second-order valence-electron chi connectivity index (χ2n) is 4.24. The van der Waals surface area contributed by atoms with Crippen molar-refractivity contribution < 1.29 is 4.79 Å². The number of ketones is 1. The topological polar surface area (TPSA) is 42.9 Å². The first-order chi connectivity index (χ1) is 9.19. The molecule has 2 aromatic rings. The van der Waals surface area contributed by atoms with Gasteiger partial charge in [0.2, 0.25) is 0 Å². The second kappa shape index (κ2) is 6.48. The Balaban J connectivity index is 1.97.